The molecule has 0 spiro atoms. The van der Waals surface area contributed by atoms with E-state index in [0.29, 0.717) is 30.9 Å². The Bertz CT molecular complexity index is 805. The van der Waals surface area contributed by atoms with Crippen LogP contribution in [0.3, 0.4) is 0 Å². The predicted molar refractivity (Wildman–Crippen MR) is 95.8 cm³/mol. The van der Waals surface area contributed by atoms with Gasteiger partial charge in [0.25, 0.3) is 5.91 Å². The van der Waals surface area contributed by atoms with Crippen LogP contribution in [0.15, 0.2) is 42.5 Å². The number of hydrogen-bond donors (Lipinski definition) is 2. The molecule has 0 fully saturated rings. The molecule has 136 valence electrons. The summed E-state index contributed by atoms with van der Waals surface area (Å²) in [5, 5.41) is 2.52. The Hall–Kier alpha value is -3.22. The molecule has 3 N–H and O–H groups in total. The van der Waals surface area contributed by atoms with E-state index in [4.69, 9.17) is 15.2 Å². The molecule has 3 rings (SSSR count). The van der Waals surface area contributed by atoms with Crippen molar-refractivity contribution >= 4 is 11.9 Å². The summed E-state index contributed by atoms with van der Waals surface area (Å²) in [6.45, 7) is 3.57. The lowest BCUT2D eigenvalue weighted by molar-refractivity contribution is 0.0752. The highest BCUT2D eigenvalue weighted by Gasteiger charge is 2.17. The van der Waals surface area contributed by atoms with E-state index >= 15 is 0 Å². The summed E-state index contributed by atoms with van der Waals surface area (Å²) in [6.07, 6.45) is 0. The predicted octanol–water partition coefficient (Wildman–Crippen LogP) is 2.25. The first-order chi connectivity index (χ1) is 12.6. The van der Waals surface area contributed by atoms with Crippen LogP contribution in [0.25, 0.3) is 0 Å². The third-order valence-corrected chi connectivity index (χ3v) is 4.15. The van der Waals surface area contributed by atoms with Crippen molar-refractivity contribution in [3.8, 4) is 11.5 Å². The van der Waals surface area contributed by atoms with Crippen LogP contribution in [-0.2, 0) is 13.1 Å². The van der Waals surface area contributed by atoms with Crippen molar-refractivity contribution in [3.05, 3.63) is 59.2 Å². The summed E-state index contributed by atoms with van der Waals surface area (Å²) < 4.78 is 10.7. The summed E-state index contributed by atoms with van der Waals surface area (Å²) in [5.41, 5.74) is 7.50. The number of ether oxygens (including phenoxy) is 2. The van der Waals surface area contributed by atoms with E-state index in [1.165, 1.54) is 0 Å². The van der Waals surface area contributed by atoms with Crippen LogP contribution in [0.5, 0.6) is 11.5 Å². The molecule has 3 amide bonds. The number of carbonyl (C=O) groups excluding carboxylic acids is 2. The lowest BCUT2D eigenvalue weighted by Gasteiger charge is -2.21. The van der Waals surface area contributed by atoms with Gasteiger partial charge < -0.3 is 25.4 Å². The number of benzene rings is 2. The monoisotopic (exact) mass is 355 g/mol. The van der Waals surface area contributed by atoms with Crippen LogP contribution in [0.4, 0.5) is 4.79 Å². The first kappa shape index (κ1) is 17.6. The van der Waals surface area contributed by atoms with Gasteiger partial charge in [0.2, 0.25) is 6.79 Å². The van der Waals surface area contributed by atoms with E-state index in [0.717, 1.165) is 16.9 Å². The summed E-state index contributed by atoms with van der Waals surface area (Å²) in [6, 6.07) is 12.2. The van der Waals surface area contributed by atoms with Gasteiger partial charge in [-0.05, 0) is 42.3 Å². The minimum Gasteiger partial charge on any atom is -0.454 e. The second-order valence-electron chi connectivity index (χ2n) is 5.92. The smallest absolute Gasteiger partial charge is 0.312 e. The van der Waals surface area contributed by atoms with E-state index in [1.807, 2.05) is 25.1 Å². The van der Waals surface area contributed by atoms with Gasteiger partial charge in [-0.1, -0.05) is 18.2 Å². The van der Waals surface area contributed by atoms with Crippen molar-refractivity contribution in [1.82, 2.24) is 10.2 Å². The van der Waals surface area contributed by atoms with Crippen molar-refractivity contribution in [2.24, 2.45) is 5.73 Å². The van der Waals surface area contributed by atoms with Gasteiger partial charge in [0, 0.05) is 25.2 Å². The molecule has 1 aliphatic rings. The Morgan fingerprint density at radius 2 is 1.77 bits per heavy atom. The second-order valence-corrected chi connectivity index (χ2v) is 5.92. The maximum atomic E-state index is 12.8. The quantitative estimate of drug-likeness (QED) is 0.831. The van der Waals surface area contributed by atoms with E-state index in [2.05, 4.69) is 5.32 Å². The molecule has 0 saturated carbocycles. The van der Waals surface area contributed by atoms with Gasteiger partial charge in [0.15, 0.2) is 11.5 Å². The number of amides is 3. The van der Waals surface area contributed by atoms with Gasteiger partial charge in [0.1, 0.15) is 0 Å². The highest BCUT2D eigenvalue weighted by atomic mass is 16.7. The zero-order chi connectivity index (χ0) is 18.5. The van der Waals surface area contributed by atoms with Crippen LogP contribution < -0.4 is 20.5 Å². The maximum absolute atomic E-state index is 12.8. The lowest BCUT2D eigenvalue weighted by atomic mass is 10.1. The zero-order valence-electron chi connectivity index (χ0n) is 14.5. The van der Waals surface area contributed by atoms with Gasteiger partial charge in [-0.3, -0.25) is 4.79 Å². The molecule has 0 unspecified atom stereocenters. The van der Waals surface area contributed by atoms with Crippen LogP contribution in [0.2, 0.25) is 0 Å². The second kappa shape index (κ2) is 7.77. The molecular formula is C19H21N3O4. The topological polar surface area (TPSA) is 93.9 Å². The van der Waals surface area contributed by atoms with Gasteiger partial charge in [-0.15, -0.1) is 0 Å². The van der Waals surface area contributed by atoms with Crippen LogP contribution in [-0.4, -0.2) is 30.2 Å². The van der Waals surface area contributed by atoms with Crippen molar-refractivity contribution in [1.29, 1.82) is 0 Å². The molecule has 1 aliphatic heterocycles. The first-order valence-electron chi connectivity index (χ1n) is 8.37. The van der Waals surface area contributed by atoms with E-state index < -0.39 is 6.03 Å². The first-order valence-corrected chi connectivity index (χ1v) is 8.37. The molecule has 0 saturated heterocycles. The number of nitrogens with zero attached hydrogens (tertiary/aromatic N) is 1. The van der Waals surface area contributed by atoms with Gasteiger partial charge in [-0.2, -0.15) is 0 Å². The summed E-state index contributed by atoms with van der Waals surface area (Å²) in [4.78, 5) is 25.3. The van der Waals surface area contributed by atoms with Gasteiger partial charge >= 0.3 is 6.03 Å². The van der Waals surface area contributed by atoms with E-state index in [-0.39, 0.29) is 12.7 Å². The SMILES string of the molecule is CCN(Cc1ccc2c(c1)OCO2)C(=O)c1ccc(CNC(N)=O)cc1. The van der Waals surface area contributed by atoms with E-state index in [1.54, 1.807) is 29.2 Å². The normalized spacial score (nSPS) is 11.9. The number of nitrogens with two attached hydrogens (primary N) is 1. The number of primary amides is 1. The van der Waals surface area contributed by atoms with Crippen molar-refractivity contribution in [2.75, 3.05) is 13.3 Å². The molecule has 0 bridgehead atoms. The fraction of sp³-hybridized carbons (Fsp3) is 0.263. The van der Waals surface area contributed by atoms with Crippen LogP contribution in [0.1, 0.15) is 28.4 Å². The molecule has 0 aromatic heterocycles. The zero-order valence-corrected chi connectivity index (χ0v) is 14.5. The molecule has 7 heteroatoms. The summed E-state index contributed by atoms with van der Waals surface area (Å²) in [7, 11) is 0. The van der Waals surface area contributed by atoms with Crippen LogP contribution >= 0.6 is 0 Å². The molecule has 1 heterocycles. The molecule has 2 aromatic rings. The fourth-order valence-corrected chi connectivity index (χ4v) is 2.72. The van der Waals surface area contributed by atoms with Crippen LogP contribution in [0, 0.1) is 0 Å². The summed E-state index contributed by atoms with van der Waals surface area (Å²) in [5.74, 6) is 1.38. The number of hydrogen-bond acceptors (Lipinski definition) is 4. The Labute approximate surface area is 151 Å². The van der Waals surface area contributed by atoms with Crippen molar-refractivity contribution in [2.45, 2.75) is 20.0 Å². The third kappa shape index (κ3) is 4.05. The van der Waals surface area contributed by atoms with Gasteiger partial charge in [-0.25, -0.2) is 4.79 Å². The average molecular weight is 355 g/mol. The van der Waals surface area contributed by atoms with E-state index in [9.17, 15) is 9.59 Å². The Kier molecular flexibility index (Phi) is 5.26. The molecule has 0 radical (unpaired) electrons. The Morgan fingerprint density at radius 3 is 2.46 bits per heavy atom. The fourth-order valence-electron chi connectivity index (χ4n) is 2.72. The Balaban J connectivity index is 1.67. The lowest BCUT2D eigenvalue weighted by Crippen LogP contribution is -2.30. The molecule has 2 aromatic carbocycles. The molecule has 7 nitrogen and oxygen atoms in total. The third-order valence-electron chi connectivity index (χ3n) is 4.15. The molecule has 26 heavy (non-hydrogen) atoms. The minimum atomic E-state index is -0.578. The largest absolute Gasteiger partial charge is 0.454 e. The number of fused-ring (bicyclic) bond motifs is 1. The highest BCUT2D eigenvalue weighted by Crippen LogP contribution is 2.32. The van der Waals surface area contributed by atoms with Crippen molar-refractivity contribution in [3.63, 3.8) is 0 Å². The number of carbonyl (C=O) groups is 2. The average Bonchev–Trinajstić information content (AvgIpc) is 3.12. The molecule has 0 aliphatic carbocycles. The van der Waals surface area contributed by atoms with Gasteiger partial charge in [0.05, 0.1) is 0 Å². The van der Waals surface area contributed by atoms with Crippen molar-refractivity contribution < 1.29 is 19.1 Å². The molecular weight excluding hydrogens is 334 g/mol. The number of urea groups is 1. The number of nitrogens with one attached hydrogen (secondary N) is 1. The minimum absolute atomic E-state index is 0.0559. The summed E-state index contributed by atoms with van der Waals surface area (Å²) >= 11 is 0. The number of rotatable bonds is 6. The highest BCUT2D eigenvalue weighted by molar-refractivity contribution is 5.94. The Morgan fingerprint density at radius 1 is 1.08 bits per heavy atom. The standard InChI is InChI=1S/C19H21N3O4/c1-2-22(11-14-5-8-16-17(9-14)26-12-25-16)18(23)15-6-3-13(4-7-15)10-21-19(20)24/h3-9H,2,10-12H2,1H3,(H3,20,21,24). The molecule has 0 atom stereocenters. The maximum Gasteiger partial charge on any atom is 0.312 e.